The minimum absolute atomic E-state index is 0.0243. The number of esters is 1. The number of aryl methyl sites for hydroxylation is 1. The molecule has 7 heteroatoms. The quantitative estimate of drug-likeness (QED) is 0.563. The predicted molar refractivity (Wildman–Crippen MR) is 98.4 cm³/mol. The normalized spacial score (nSPS) is 11.0. The molecule has 0 aliphatic heterocycles. The number of hydrogen-bond donors (Lipinski definition) is 2. The van der Waals surface area contributed by atoms with Crippen LogP contribution in [0.3, 0.4) is 0 Å². The Labute approximate surface area is 155 Å². The Hall–Kier alpha value is -2.24. The Kier molecular flexibility index (Phi) is 6.67. The van der Waals surface area contributed by atoms with Gasteiger partial charge < -0.3 is 14.9 Å². The fourth-order valence-corrected chi connectivity index (χ4v) is 2.64. The van der Waals surface area contributed by atoms with Gasteiger partial charge in [0.1, 0.15) is 17.2 Å². The number of hydrogen-bond acceptors (Lipinski definition) is 5. The molecular formula is C18H17Cl2NO4. The first kappa shape index (κ1) is 19.1. The zero-order valence-electron chi connectivity index (χ0n) is 13.5. The maximum Gasteiger partial charge on any atom is 0.306 e. The molecule has 0 aliphatic rings. The van der Waals surface area contributed by atoms with Gasteiger partial charge in [-0.05, 0) is 43.2 Å². The molecule has 0 saturated heterocycles. The molecule has 2 aromatic rings. The Morgan fingerprint density at radius 3 is 2.72 bits per heavy atom. The van der Waals surface area contributed by atoms with E-state index in [1.54, 1.807) is 19.1 Å². The van der Waals surface area contributed by atoms with Gasteiger partial charge >= 0.3 is 5.97 Å². The summed E-state index contributed by atoms with van der Waals surface area (Å²) in [6, 6.07) is 7.80. The summed E-state index contributed by atoms with van der Waals surface area (Å²) in [5, 5.41) is 20.3. The van der Waals surface area contributed by atoms with E-state index in [9.17, 15) is 15.0 Å². The van der Waals surface area contributed by atoms with E-state index >= 15 is 0 Å². The summed E-state index contributed by atoms with van der Waals surface area (Å²) in [6.45, 7) is 2.10. The van der Waals surface area contributed by atoms with Crippen LogP contribution in [0.4, 0.5) is 5.69 Å². The van der Waals surface area contributed by atoms with E-state index in [1.165, 1.54) is 24.4 Å². The maximum atomic E-state index is 11.4. The van der Waals surface area contributed by atoms with Crippen LogP contribution in [0.1, 0.15) is 24.5 Å². The van der Waals surface area contributed by atoms with Crippen LogP contribution in [-0.2, 0) is 16.0 Å². The second-order valence-corrected chi connectivity index (χ2v) is 6.06. The van der Waals surface area contributed by atoms with Crippen LogP contribution < -0.4 is 0 Å². The van der Waals surface area contributed by atoms with Crippen molar-refractivity contribution in [1.82, 2.24) is 0 Å². The third kappa shape index (κ3) is 5.37. The van der Waals surface area contributed by atoms with Crippen LogP contribution in [0.15, 0.2) is 35.3 Å². The standard InChI is InChI=1S/C18H17Cl2NO4/c1-2-25-17(23)6-4-11-3-5-16(22)15(7-11)21-10-12-8-13(19)9-14(20)18(12)24/h3,5,7-10,22,24H,2,4,6H2,1H3/b21-10+. The summed E-state index contributed by atoms with van der Waals surface area (Å²) < 4.78 is 4.89. The third-order valence-electron chi connectivity index (χ3n) is 3.36. The van der Waals surface area contributed by atoms with Crippen molar-refractivity contribution in [3.63, 3.8) is 0 Å². The van der Waals surface area contributed by atoms with E-state index in [2.05, 4.69) is 4.99 Å². The number of aliphatic imine (C=N–C) groups is 1. The van der Waals surface area contributed by atoms with Crippen LogP contribution in [0.2, 0.25) is 10.0 Å². The molecule has 2 aromatic carbocycles. The number of phenols is 2. The number of benzene rings is 2. The lowest BCUT2D eigenvalue weighted by Crippen LogP contribution is -2.05. The lowest BCUT2D eigenvalue weighted by Gasteiger charge is -2.06. The van der Waals surface area contributed by atoms with Gasteiger partial charge in [-0.1, -0.05) is 29.3 Å². The smallest absolute Gasteiger partial charge is 0.306 e. The van der Waals surface area contributed by atoms with Gasteiger partial charge in [0.25, 0.3) is 0 Å². The van der Waals surface area contributed by atoms with Gasteiger partial charge in [0.05, 0.1) is 11.6 Å². The van der Waals surface area contributed by atoms with Gasteiger partial charge in [0, 0.05) is 23.2 Å². The molecule has 0 aromatic heterocycles. The number of nitrogens with zero attached hydrogens (tertiary/aromatic N) is 1. The zero-order valence-corrected chi connectivity index (χ0v) is 15.0. The van der Waals surface area contributed by atoms with Crippen molar-refractivity contribution in [3.8, 4) is 11.5 Å². The number of halogens is 2. The SMILES string of the molecule is CCOC(=O)CCc1ccc(O)c(/N=C/c2cc(Cl)cc(Cl)c2O)c1. The largest absolute Gasteiger partial charge is 0.506 e. The molecular weight excluding hydrogens is 365 g/mol. The highest BCUT2D eigenvalue weighted by atomic mass is 35.5. The van der Waals surface area contributed by atoms with E-state index < -0.39 is 0 Å². The van der Waals surface area contributed by atoms with E-state index in [0.717, 1.165) is 5.56 Å². The maximum absolute atomic E-state index is 11.4. The highest BCUT2D eigenvalue weighted by Gasteiger charge is 2.08. The van der Waals surface area contributed by atoms with Crippen molar-refractivity contribution in [2.75, 3.05) is 6.61 Å². The topological polar surface area (TPSA) is 79.1 Å². The van der Waals surface area contributed by atoms with Gasteiger partial charge in [0.15, 0.2) is 0 Å². The zero-order chi connectivity index (χ0) is 18.4. The molecule has 2 N–H and O–H groups in total. The summed E-state index contributed by atoms with van der Waals surface area (Å²) in [7, 11) is 0. The summed E-state index contributed by atoms with van der Waals surface area (Å²) >= 11 is 11.8. The molecule has 5 nitrogen and oxygen atoms in total. The average Bonchev–Trinajstić information content (AvgIpc) is 2.57. The molecule has 0 unspecified atom stereocenters. The van der Waals surface area contributed by atoms with Crippen LogP contribution in [-0.4, -0.2) is 29.0 Å². The Bertz CT molecular complexity index is 806. The molecule has 132 valence electrons. The number of aromatic hydroxyl groups is 2. The molecule has 0 aliphatic carbocycles. The molecule has 0 radical (unpaired) electrons. The monoisotopic (exact) mass is 381 g/mol. The molecule has 0 fully saturated rings. The number of ether oxygens (including phenoxy) is 1. The molecule has 0 bridgehead atoms. The molecule has 25 heavy (non-hydrogen) atoms. The van der Waals surface area contributed by atoms with Gasteiger partial charge in [-0.25, -0.2) is 0 Å². The number of rotatable bonds is 6. The Morgan fingerprint density at radius 2 is 2.00 bits per heavy atom. The van der Waals surface area contributed by atoms with Crippen molar-refractivity contribution >= 4 is 41.1 Å². The highest BCUT2D eigenvalue weighted by molar-refractivity contribution is 6.36. The van der Waals surface area contributed by atoms with Crippen LogP contribution in [0.5, 0.6) is 11.5 Å². The fraction of sp³-hybridized carbons (Fsp3) is 0.222. The minimum atomic E-state index is -0.279. The summed E-state index contributed by atoms with van der Waals surface area (Å²) in [5.41, 5.74) is 1.46. The van der Waals surface area contributed by atoms with Crippen LogP contribution in [0.25, 0.3) is 0 Å². The first-order chi connectivity index (χ1) is 11.9. The van der Waals surface area contributed by atoms with Crippen molar-refractivity contribution in [3.05, 3.63) is 51.5 Å². The second kappa shape index (κ2) is 8.74. The molecule has 0 atom stereocenters. The summed E-state index contributed by atoms with van der Waals surface area (Å²) in [5.74, 6) is -0.448. The lowest BCUT2D eigenvalue weighted by atomic mass is 10.1. The molecule has 0 saturated carbocycles. The Morgan fingerprint density at radius 1 is 1.24 bits per heavy atom. The van der Waals surface area contributed by atoms with Crippen molar-refractivity contribution < 1.29 is 19.7 Å². The Balaban J connectivity index is 2.19. The minimum Gasteiger partial charge on any atom is -0.506 e. The van der Waals surface area contributed by atoms with Crippen molar-refractivity contribution in [1.29, 1.82) is 0 Å². The van der Waals surface area contributed by atoms with Gasteiger partial charge in [-0.2, -0.15) is 0 Å². The average molecular weight is 382 g/mol. The molecule has 0 amide bonds. The van der Waals surface area contributed by atoms with Crippen LogP contribution in [0, 0.1) is 0 Å². The van der Waals surface area contributed by atoms with Gasteiger partial charge in [-0.15, -0.1) is 0 Å². The van der Waals surface area contributed by atoms with Gasteiger partial charge in [0.2, 0.25) is 0 Å². The van der Waals surface area contributed by atoms with E-state index in [1.807, 2.05) is 0 Å². The number of phenolic OH excluding ortho intramolecular Hbond substituents is 2. The summed E-state index contributed by atoms with van der Waals surface area (Å²) in [4.78, 5) is 15.6. The first-order valence-electron chi connectivity index (χ1n) is 7.60. The van der Waals surface area contributed by atoms with Crippen LogP contribution >= 0.6 is 23.2 Å². The van der Waals surface area contributed by atoms with E-state index in [4.69, 9.17) is 27.9 Å². The number of carbonyl (C=O) groups is 1. The van der Waals surface area contributed by atoms with Crippen molar-refractivity contribution in [2.45, 2.75) is 19.8 Å². The molecule has 0 heterocycles. The second-order valence-electron chi connectivity index (χ2n) is 5.21. The first-order valence-corrected chi connectivity index (χ1v) is 8.36. The van der Waals surface area contributed by atoms with E-state index in [0.29, 0.717) is 29.3 Å². The highest BCUT2D eigenvalue weighted by Crippen LogP contribution is 2.32. The molecule has 0 spiro atoms. The number of carbonyl (C=O) groups excluding carboxylic acids is 1. The predicted octanol–water partition coefficient (Wildman–Crippen LogP) is 4.65. The molecule has 2 rings (SSSR count). The lowest BCUT2D eigenvalue weighted by molar-refractivity contribution is -0.143. The van der Waals surface area contributed by atoms with E-state index in [-0.39, 0.29) is 28.9 Å². The van der Waals surface area contributed by atoms with Crippen molar-refractivity contribution in [2.24, 2.45) is 4.99 Å². The summed E-state index contributed by atoms with van der Waals surface area (Å²) in [6.07, 6.45) is 2.07. The third-order valence-corrected chi connectivity index (χ3v) is 3.87. The van der Waals surface area contributed by atoms with Gasteiger partial charge in [-0.3, -0.25) is 9.79 Å². The fourth-order valence-electron chi connectivity index (χ4n) is 2.13.